The first-order chi connectivity index (χ1) is 14.9. The van der Waals surface area contributed by atoms with Gasteiger partial charge in [0.2, 0.25) is 11.8 Å². The Morgan fingerprint density at radius 3 is 2.68 bits per heavy atom. The molecule has 1 aromatic heterocycles. The summed E-state index contributed by atoms with van der Waals surface area (Å²) >= 11 is 0. The van der Waals surface area contributed by atoms with Gasteiger partial charge in [-0.1, -0.05) is 18.2 Å². The number of carbonyl (C=O) groups excluding carboxylic acids is 1. The van der Waals surface area contributed by atoms with Crippen LogP contribution in [0.1, 0.15) is 16.7 Å². The van der Waals surface area contributed by atoms with Crippen molar-refractivity contribution in [1.82, 2.24) is 4.98 Å². The van der Waals surface area contributed by atoms with Gasteiger partial charge in [-0.05, 0) is 66.9 Å². The number of carbonyl (C=O) groups is 1. The Bertz CT molecular complexity index is 1340. The average Bonchev–Trinajstić information content (AvgIpc) is 3.18. The first-order valence-electron chi connectivity index (χ1n) is 9.61. The van der Waals surface area contributed by atoms with Gasteiger partial charge in [0.15, 0.2) is 5.58 Å². The third-order valence-electron chi connectivity index (χ3n) is 4.92. The minimum Gasteiger partial charge on any atom is -0.436 e. The minimum atomic E-state index is -0.475. The third kappa shape index (κ3) is 4.51. The van der Waals surface area contributed by atoms with E-state index < -0.39 is 4.92 Å². The molecule has 31 heavy (non-hydrogen) atoms. The van der Waals surface area contributed by atoms with Gasteiger partial charge in [0.1, 0.15) is 5.52 Å². The molecule has 0 radical (unpaired) electrons. The zero-order chi connectivity index (χ0) is 22.0. The van der Waals surface area contributed by atoms with Gasteiger partial charge >= 0.3 is 0 Å². The Hall–Kier alpha value is -4.26. The van der Waals surface area contributed by atoms with E-state index in [9.17, 15) is 14.9 Å². The van der Waals surface area contributed by atoms with Gasteiger partial charge in [-0.3, -0.25) is 14.9 Å². The molecule has 4 rings (SSSR count). The fourth-order valence-corrected chi connectivity index (χ4v) is 3.10. The molecule has 0 atom stereocenters. The van der Waals surface area contributed by atoms with Gasteiger partial charge in [-0.25, -0.2) is 4.98 Å². The molecule has 154 valence electrons. The number of aromatic nitrogens is 1. The molecule has 0 saturated heterocycles. The van der Waals surface area contributed by atoms with Crippen LogP contribution in [0.5, 0.6) is 0 Å². The van der Waals surface area contributed by atoms with Crippen molar-refractivity contribution in [2.75, 3.05) is 5.32 Å². The molecule has 0 fully saturated rings. The average molecular weight is 413 g/mol. The van der Waals surface area contributed by atoms with Crippen molar-refractivity contribution in [3.05, 3.63) is 93.5 Å². The highest BCUT2D eigenvalue weighted by atomic mass is 16.6. The lowest BCUT2D eigenvalue weighted by Gasteiger charge is -2.01. The van der Waals surface area contributed by atoms with Gasteiger partial charge < -0.3 is 9.73 Å². The molecule has 0 bridgehead atoms. The molecule has 3 aromatic carbocycles. The van der Waals surface area contributed by atoms with Crippen molar-refractivity contribution in [2.24, 2.45) is 0 Å². The van der Waals surface area contributed by atoms with Crippen LogP contribution in [0.4, 0.5) is 11.4 Å². The first kappa shape index (κ1) is 20.0. The molecule has 0 unspecified atom stereocenters. The van der Waals surface area contributed by atoms with Crippen molar-refractivity contribution < 1.29 is 14.1 Å². The number of oxazole rings is 1. The van der Waals surface area contributed by atoms with E-state index in [1.807, 2.05) is 32.0 Å². The number of nitro benzene ring substituents is 1. The second kappa shape index (κ2) is 8.23. The molecule has 7 nitrogen and oxygen atoms in total. The van der Waals surface area contributed by atoms with Crippen LogP contribution >= 0.6 is 0 Å². The summed E-state index contributed by atoms with van der Waals surface area (Å²) in [5, 5.41) is 13.6. The van der Waals surface area contributed by atoms with E-state index in [2.05, 4.69) is 10.3 Å². The number of nitrogens with one attached hydrogen (secondary N) is 1. The maximum atomic E-state index is 12.3. The van der Waals surface area contributed by atoms with Crippen molar-refractivity contribution in [3.8, 4) is 11.5 Å². The van der Waals surface area contributed by atoms with E-state index in [4.69, 9.17) is 4.42 Å². The minimum absolute atomic E-state index is 0.0291. The Labute approximate surface area is 178 Å². The standard InChI is InChI=1S/C24H19N3O4/c1-15-6-8-18(12-16(15)2)24-26-21-14-19(9-10-22(21)31-24)25-23(28)11-7-17-4-3-5-20(13-17)27(29)30/h3-14H,1-2H3,(H,25,28)/b11-7+. The van der Waals surface area contributed by atoms with Gasteiger partial charge in [-0.2, -0.15) is 0 Å². The molecular formula is C24H19N3O4. The van der Waals surface area contributed by atoms with Crippen LogP contribution in [-0.2, 0) is 4.79 Å². The number of fused-ring (bicyclic) bond motifs is 1. The van der Waals surface area contributed by atoms with Crippen LogP contribution < -0.4 is 5.32 Å². The number of non-ortho nitro benzene ring substituents is 1. The Kier molecular flexibility index (Phi) is 5.32. The maximum absolute atomic E-state index is 12.3. The fourth-order valence-electron chi connectivity index (χ4n) is 3.10. The van der Waals surface area contributed by atoms with Crippen molar-refractivity contribution >= 4 is 34.5 Å². The molecule has 1 N–H and O–H groups in total. The van der Waals surface area contributed by atoms with Gasteiger partial charge in [0.25, 0.3) is 5.69 Å². The van der Waals surface area contributed by atoms with Gasteiger partial charge in [-0.15, -0.1) is 0 Å². The lowest BCUT2D eigenvalue weighted by molar-refractivity contribution is -0.384. The summed E-state index contributed by atoms with van der Waals surface area (Å²) in [7, 11) is 0. The molecule has 0 spiro atoms. The van der Waals surface area contributed by atoms with Crippen molar-refractivity contribution in [1.29, 1.82) is 0 Å². The van der Waals surface area contributed by atoms with Crippen molar-refractivity contribution in [3.63, 3.8) is 0 Å². The van der Waals surface area contributed by atoms with Crippen molar-refractivity contribution in [2.45, 2.75) is 13.8 Å². The molecule has 7 heteroatoms. The smallest absolute Gasteiger partial charge is 0.270 e. The maximum Gasteiger partial charge on any atom is 0.270 e. The third-order valence-corrected chi connectivity index (χ3v) is 4.92. The number of anilines is 1. The number of nitro groups is 1. The zero-order valence-electron chi connectivity index (χ0n) is 17.0. The monoisotopic (exact) mass is 413 g/mol. The molecule has 0 aliphatic carbocycles. The number of rotatable bonds is 5. The van der Waals surface area contributed by atoms with E-state index >= 15 is 0 Å². The molecule has 4 aromatic rings. The summed E-state index contributed by atoms with van der Waals surface area (Å²) in [6.45, 7) is 4.09. The summed E-state index contributed by atoms with van der Waals surface area (Å²) in [6.07, 6.45) is 2.85. The second-order valence-electron chi connectivity index (χ2n) is 7.18. The molecule has 1 heterocycles. The number of amides is 1. The predicted molar refractivity (Wildman–Crippen MR) is 120 cm³/mol. The largest absolute Gasteiger partial charge is 0.436 e. The summed E-state index contributed by atoms with van der Waals surface area (Å²) in [5.74, 6) is 0.163. The number of nitrogens with zero attached hydrogens (tertiary/aromatic N) is 2. The number of hydrogen-bond donors (Lipinski definition) is 1. The van der Waals surface area contributed by atoms with Crippen LogP contribution in [0, 0.1) is 24.0 Å². The van der Waals surface area contributed by atoms with E-state index in [1.165, 1.54) is 29.8 Å². The number of benzene rings is 3. The second-order valence-corrected chi connectivity index (χ2v) is 7.18. The molecular weight excluding hydrogens is 394 g/mol. The van der Waals surface area contributed by atoms with E-state index in [0.29, 0.717) is 28.2 Å². The lowest BCUT2D eigenvalue weighted by Crippen LogP contribution is -2.07. The summed E-state index contributed by atoms with van der Waals surface area (Å²) < 4.78 is 5.85. The highest BCUT2D eigenvalue weighted by Crippen LogP contribution is 2.27. The highest BCUT2D eigenvalue weighted by molar-refractivity contribution is 6.02. The number of aryl methyl sites for hydroxylation is 2. The zero-order valence-corrected chi connectivity index (χ0v) is 17.0. The van der Waals surface area contributed by atoms with Crippen LogP contribution in [0.3, 0.4) is 0 Å². The van der Waals surface area contributed by atoms with E-state index in [-0.39, 0.29) is 11.6 Å². The molecule has 0 aliphatic rings. The number of hydrogen-bond acceptors (Lipinski definition) is 5. The van der Waals surface area contributed by atoms with E-state index in [1.54, 1.807) is 30.3 Å². The Morgan fingerprint density at radius 2 is 1.90 bits per heavy atom. The molecule has 0 saturated carbocycles. The van der Waals surface area contributed by atoms with Gasteiger partial charge in [0, 0.05) is 29.5 Å². The topological polar surface area (TPSA) is 98.3 Å². The molecule has 0 aliphatic heterocycles. The van der Waals surface area contributed by atoms with Crippen LogP contribution in [0.25, 0.3) is 28.6 Å². The molecule has 1 amide bonds. The van der Waals surface area contributed by atoms with Crippen LogP contribution in [-0.4, -0.2) is 15.8 Å². The highest BCUT2D eigenvalue weighted by Gasteiger charge is 2.10. The van der Waals surface area contributed by atoms with Crippen LogP contribution in [0.2, 0.25) is 0 Å². The summed E-state index contributed by atoms with van der Waals surface area (Å²) in [5.41, 5.74) is 5.61. The Balaban J connectivity index is 1.51. The first-order valence-corrected chi connectivity index (χ1v) is 9.61. The summed E-state index contributed by atoms with van der Waals surface area (Å²) in [6, 6.07) is 17.3. The van der Waals surface area contributed by atoms with Gasteiger partial charge in [0.05, 0.1) is 4.92 Å². The fraction of sp³-hybridized carbons (Fsp3) is 0.0833. The van der Waals surface area contributed by atoms with Crippen LogP contribution in [0.15, 0.2) is 71.2 Å². The predicted octanol–water partition coefficient (Wildman–Crippen LogP) is 5.67. The van der Waals surface area contributed by atoms with E-state index in [0.717, 1.165) is 11.1 Å². The SMILES string of the molecule is Cc1ccc(-c2nc3cc(NC(=O)/C=C/c4cccc([N+](=O)[O-])c4)ccc3o2)cc1C. The lowest BCUT2D eigenvalue weighted by atomic mass is 10.1. The summed E-state index contributed by atoms with van der Waals surface area (Å²) in [4.78, 5) is 27.2. The normalized spacial score (nSPS) is 11.2. The Morgan fingerprint density at radius 1 is 1.06 bits per heavy atom. The quantitative estimate of drug-likeness (QED) is 0.258.